The summed E-state index contributed by atoms with van der Waals surface area (Å²) in [5.74, 6) is 0.534. The predicted molar refractivity (Wildman–Crippen MR) is 95.5 cm³/mol. The van der Waals surface area contributed by atoms with Gasteiger partial charge in [0.15, 0.2) is 6.61 Å². The SMILES string of the molecule is O=C(COc1ccc([N+](=O)[O-])cc1)N1CCN(c2ccc(O)cc2)CC1. The van der Waals surface area contributed by atoms with E-state index in [1.54, 1.807) is 17.0 Å². The molecule has 1 N–H and O–H groups in total. The molecule has 0 bridgehead atoms. The molecule has 1 saturated heterocycles. The molecule has 136 valence electrons. The number of nitrogens with zero attached hydrogens (tertiary/aromatic N) is 3. The third kappa shape index (κ3) is 4.21. The standard InChI is InChI=1S/C18H19N3O5/c22-16-5-1-14(2-6-16)19-9-11-20(12-10-19)18(23)13-26-17-7-3-15(4-8-17)21(24)25/h1-8,22H,9-13H2. The number of nitro benzene ring substituents is 1. The molecule has 0 unspecified atom stereocenters. The third-order valence-corrected chi connectivity index (χ3v) is 4.26. The molecule has 2 aromatic rings. The fraction of sp³-hybridized carbons (Fsp3) is 0.278. The van der Waals surface area contributed by atoms with Gasteiger partial charge in [-0.3, -0.25) is 14.9 Å². The monoisotopic (exact) mass is 357 g/mol. The van der Waals surface area contributed by atoms with E-state index >= 15 is 0 Å². The molecule has 1 aliphatic rings. The fourth-order valence-electron chi connectivity index (χ4n) is 2.78. The molecule has 8 nitrogen and oxygen atoms in total. The number of benzene rings is 2. The van der Waals surface area contributed by atoms with E-state index in [2.05, 4.69) is 4.90 Å². The molecule has 1 fully saturated rings. The maximum atomic E-state index is 12.3. The van der Waals surface area contributed by atoms with Crippen LogP contribution in [0.4, 0.5) is 11.4 Å². The van der Waals surface area contributed by atoms with Crippen molar-refractivity contribution in [2.45, 2.75) is 0 Å². The second-order valence-electron chi connectivity index (χ2n) is 5.92. The Balaban J connectivity index is 1.47. The van der Waals surface area contributed by atoms with E-state index in [0.29, 0.717) is 31.9 Å². The number of phenols is 1. The summed E-state index contributed by atoms with van der Waals surface area (Å²) in [6.45, 7) is 2.48. The van der Waals surface area contributed by atoms with Gasteiger partial charge in [0.1, 0.15) is 11.5 Å². The van der Waals surface area contributed by atoms with Gasteiger partial charge in [-0.05, 0) is 36.4 Å². The molecule has 0 atom stereocenters. The number of rotatable bonds is 5. The number of ether oxygens (including phenoxy) is 1. The van der Waals surface area contributed by atoms with Crippen molar-refractivity contribution in [3.63, 3.8) is 0 Å². The van der Waals surface area contributed by atoms with Gasteiger partial charge in [0.2, 0.25) is 0 Å². The largest absolute Gasteiger partial charge is 0.508 e. The molecular formula is C18H19N3O5. The van der Waals surface area contributed by atoms with E-state index in [0.717, 1.165) is 5.69 Å². The van der Waals surface area contributed by atoms with Crippen LogP contribution in [0, 0.1) is 10.1 Å². The predicted octanol–water partition coefficient (Wildman–Crippen LogP) is 2.03. The van der Waals surface area contributed by atoms with Crippen LogP contribution in [0.2, 0.25) is 0 Å². The van der Waals surface area contributed by atoms with Crippen LogP contribution in [0.25, 0.3) is 0 Å². The first-order chi connectivity index (χ1) is 12.5. The van der Waals surface area contributed by atoms with Gasteiger partial charge in [-0.2, -0.15) is 0 Å². The Morgan fingerprint density at radius 1 is 1.04 bits per heavy atom. The summed E-state index contributed by atoms with van der Waals surface area (Å²) in [4.78, 5) is 26.3. The minimum Gasteiger partial charge on any atom is -0.508 e. The number of phenolic OH excluding ortho intramolecular Hbond substituents is 1. The van der Waals surface area contributed by atoms with Crippen LogP contribution in [0.1, 0.15) is 0 Å². The Morgan fingerprint density at radius 3 is 2.23 bits per heavy atom. The van der Waals surface area contributed by atoms with Crippen LogP contribution in [0.5, 0.6) is 11.5 Å². The maximum Gasteiger partial charge on any atom is 0.269 e. The Morgan fingerprint density at radius 2 is 1.65 bits per heavy atom. The van der Waals surface area contributed by atoms with Gasteiger partial charge < -0.3 is 19.6 Å². The molecule has 0 aromatic heterocycles. The van der Waals surface area contributed by atoms with Gasteiger partial charge in [0.05, 0.1) is 4.92 Å². The van der Waals surface area contributed by atoms with Crippen molar-refractivity contribution in [2.24, 2.45) is 0 Å². The molecule has 26 heavy (non-hydrogen) atoms. The van der Waals surface area contributed by atoms with Crippen molar-refractivity contribution < 1.29 is 19.6 Å². The van der Waals surface area contributed by atoms with Crippen LogP contribution < -0.4 is 9.64 Å². The van der Waals surface area contributed by atoms with Gasteiger partial charge in [-0.15, -0.1) is 0 Å². The van der Waals surface area contributed by atoms with Crippen molar-refractivity contribution >= 4 is 17.3 Å². The second kappa shape index (κ2) is 7.73. The van der Waals surface area contributed by atoms with Crippen molar-refractivity contribution in [1.82, 2.24) is 4.90 Å². The maximum absolute atomic E-state index is 12.3. The van der Waals surface area contributed by atoms with Crippen LogP contribution in [-0.2, 0) is 4.79 Å². The number of carbonyl (C=O) groups excluding carboxylic acids is 1. The number of amides is 1. The molecule has 1 amide bonds. The van der Waals surface area contributed by atoms with Gasteiger partial charge in [-0.25, -0.2) is 0 Å². The lowest BCUT2D eigenvalue weighted by atomic mass is 10.2. The molecule has 1 heterocycles. The lowest BCUT2D eigenvalue weighted by Crippen LogP contribution is -2.50. The second-order valence-corrected chi connectivity index (χ2v) is 5.92. The first-order valence-corrected chi connectivity index (χ1v) is 8.22. The van der Waals surface area contributed by atoms with Crippen LogP contribution >= 0.6 is 0 Å². The number of anilines is 1. The number of nitro groups is 1. The van der Waals surface area contributed by atoms with E-state index in [1.165, 1.54) is 24.3 Å². The first kappa shape index (κ1) is 17.5. The number of carbonyl (C=O) groups is 1. The Hall–Kier alpha value is -3.29. The molecule has 0 aliphatic carbocycles. The molecular weight excluding hydrogens is 338 g/mol. The molecule has 2 aromatic carbocycles. The molecule has 8 heteroatoms. The zero-order chi connectivity index (χ0) is 18.5. The summed E-state index contributed by atoms with van der Waals surface area (Å²) >= 11 is 0. The highest BCUT2D eigenvalue weighted by atomic mass is 16.6. The lowest BCUT2D eigenvalue weighted by molar-refractivity contribution is -0.384. The third-order valence-electron chi connectivity index (χ3n) is 4.26. The average Bonchev–Trinajstić information content (AvgIpc) is 2.67. The number of non-ortho nitro benzene ring substituents is 1. The van der Waals surface area contributed by atoms with Crippen LogP contribution in [0.15, 0.2) is 48.5 Å². The average molecular weight is 357 g/mol. The molecule has 1 aliphatic heterocycles. The Labute approximate surface area is 150 Å². The van der Waals surface area contributed by atoms with E-state index in [4.69, 9.17) is 4.74 Å². The van der Waals surface area contributed by atoms with Gasteiger partial charge in [0, 0.05) is 44.0 Å². The Bertz CT molecular complexity index is 768. The van der Waals surface area contributed by atoms with E-state index in [9.17, 15) is 20.0 Å². The summed E-state index contributed by atoms with van der Waals surface area (Å²) < 4.78 is 5.43. The minimum atomic E-state index is -0.484. The zero-order valence-corrected chi connectivity index (χ0v) is 14.1. The normalized spacial score (nSPS) is 14.2. The molecule has 0 spiro atoms. The number of piperazine rings is 1. The summed E-state index contributed by atoms with van der Waals surface area (Å²) in [6.07, 6.45) is 0. The van der Waals surface area contributed by atoms with E-state index in [1.807, 2.05) is 12.1 Å². The van der Waals surface area contributed by atoms with Crippen molar-refractivity contribution in [2.75, 3.05) is 37.7 Å². The lowest BCUT2D eigenvalue weighted by Gasteiger charge is -2.36. The van der Waals surface area contributed by atoms with E-state index < -0.39 is 4.92 Å². The van der Waals surface area contributed by atoms with Crippen LogP contribution in [-0.4, -0.2) is 53.6 Å². The zero-order valence-electron chi connectivity index (χ0n) is 14.1. The molecule has 0 saturated carbocycles. The summed E-state index contributed by atoms with van der Waals surface area (Å²) in [7, 11) is 0. The summed E-state index contributed by atoms with van der Waals surface area (Å²) in [5.41, 5.74) is 0.992. The van der Waals surface area contributed by atoms with Crippen LogP contribution in [0.3, 0.4) is 0 Å². The van der Waals surface area contributed by atoms with Gasteiger partial charge in [0.25, 0.3) is 11.6 Å². The van der Waals surface area contributed by atoms with E-state index in [-0.39, 0.29) is 24.0 Å². The molecule has 3 rings (SSSR count). The highest BCUT2D eigenvalue weighted by molar-refractivity contribution is 5.78. The highest BCUT2D eigenvalue weighted by Gasteiger charge is 2.21. The summed E-state index contributed by atoms with van der Waals surface area (Å²) in [5, 5.41) is 20.0. The van der Waals surface area contributed by atoms with Gasteiger partial charge in [-0.1, -0.05) is 0 Å². The first-order valence-electron chi connectivity index (χ1n) is 8.22. The number of hydrogen-bond acceptors (Lipinski definition) is 6. The fourth-order valence-corrected chi connectivity index (χ4v) is 2.78. The van der Waals surface area contributed by atoms with Gasteiger partial charge >= 0.3 is 0 Å². The smallest absolute Gasteiger partial charge is 0.269 e. The number of hydrogen-bond donors (Lipinski definition) is 1. The summed E-state index contributed by atoms with van der Waals surface area (Å²) in [6, 6.07) is 12.6. The highest BCUT2D eigenvalue weighted by Crippen LogP contribution is 2.20. The minimum absolute atomic E-state index is 0.0194. The Kier molecular flexibility index (Phi) is 5.21. The van der Waals surface area contributed by atoms with Crippen molar-refractivity contribution in [3.05, 3.63) is 58.6 Å². The topological polar surface area (TPSA) is 96.1 Å². The number of aromatic hydroxyl groups is 1. The quantitative estimate of drug-likeness (QED) is 0.650. The molecule has 0 radical (unpaired) electrons. The van der Waals surface area contributed by atoms with Crippen molar-refractivity contribution in [1.29, 1.82) is 0 Å². The van der Waals surface area contributed by atoms with Crippen molar-refractivity contribution in [3.8, 4) is 11.5 Å².